The van der Waals surface area contributed by atoms with Gasteiger partial charge in [-0.25, -0.2) is 4.39 Å². The van der Waals surface area contributed by atoms with E-state index in [4.69, 9.17) is 17.0 Å². The molecule has 0 amide bonds. The zero-order valence-corrected chi connectivity index (χ0v) is 14.3. The summed E-state index contributed by atoms with van der Waals surface area (Å²) < 4.78 is 18.7. The second-order valence-electron chi connectivity index (χ2n) is 5.30. The van der Waals surface area contributed by atoms with E-state index in [1.165, 1.54) is 6.07 Å². The summed E-state index contributed by atoms with van der Waals surface area (Å²) in [6.07, 6.45) is 0.871. The number of ether oxygens (including phenoxy) is 1. The van der Waals surface area contributed by atoms with Gasteiger partial charge >= 0.3 is 0 Å². The molecule has 2 aromatic carbocycles. The van der Waals surface area contributed by atoms with E-state index in [1.807, 2.05) is 24.3 Å². The normalized spacial score (nSPS) is 11.7. The maximum absolute atomic E-state index is 13.6. The van der Waals surface area contributed by atoms with Crippen molar-refractivity contribution in [1.29, 1.82) is 0 Å². The minimum Gasteiger partial charge on any atom is -0.497 e. The number of thiocarbonyl (C=S) groups is 1. The van der Waals surface area contributed by atoms with Crippen molar-refractivity contribution in [1.82, 2.24) is 5.32 Å². The van der Waals surface area contributed by atoms with Gasteiger partial charge in [-0.3, -0.25) is 0 Å². The number of hydrogen-bond donors (Lipinski definition) is 2. The first-order valence-corrected chi connectivity index (χ1v) is 7.92. The van der Waals surface area contributed by atoms with Crippen LogP contribution in [0.1, 0.15) is 30.5 Å². The number of anilines is 1. The first-order chi connectivity index (χ1) is 11.0. The number of nitrogens with one attached hydrogen (secondary N) is 2. The molecule has 0 saturated carbocycles. The molecule has 2 N–H and O–H groups in total. The second-order valence-corrected chi connectivity index (χ2v) is 5.70. The third kappa shape index (κ3) is 4.66. The fraction of sp³-hybridized carbons (Fsp3) is 0.278. The Balaban J connectivity index is 2.02. The molecule has 0 aromatic heterocycles. The van der Waals surface area contributed by atoms with E-state index < -0.39 is 0 Å². The molecular weight excluding hydrogens is 311 g/mol. The van der Waals surface area contributed by atoms with Gasteiger partial charge in [0.2, 0.25) is 0 Å². The van der Waals surface area contributed by atoms with Crippen molar-refractivity contribution in [3.63, 3.8) is 0 Å². The van der Waals surface area contributed by atoms with Gasteiger partial charge in [0.15, 0.2) is 5.11 Å². The van der Waals surface area contributed by atoms with E-state index in [9.17, 15) is 4.39 Å². The fourth-order valence-electron chi connectivity index (χ4n) is 2.25. The van der Waals surface area contributed by atoms with Crippen LogP contribution in [0.5, 0.6) is 5.75 Å². The van der Waals surface area contributed by atoms with E-state index in [0.717, 1.165) is 17.7 Å². The van der Waals surface area contributed by atoms with Gasteiger partial charge in [-0.15, -0.1) is 0 Å². The van der Waals surface area contributed by atoms with E-state index in [1.54, 1.807) is 26.2 Å². The highest BCUT2D eigenvalue weighted by atomic mass is 32.1. The lowest BCUT2D eigenvalue weighted by Gasteiger charge is -2.20. The molecule has 0 aliphatic rings. The first-order valence-electron chi connectivity index (χ1n) is 7.51. The minimum absolute atomic E-state index is 0.0798. The van der Waals surface area contributed by atoms with Crippen LogP contribution in [0.25, 0.3) is 0 Å². The largest absolute Gasteiger partial charge is 0.497 e. The molecule has 0 fully saturated rings. The molecule has 0 heterocycles. The summed E-state index contributed by atoms with van der Waals surface area (Å²) in [6, 6.07) is 12.9. The Morgan fingerprint density at radius 3 is 2.48 bits per heavy atom. The topological polar surface area (TPSA) is 33.3 Å². The van der Waals surface area contributed by atoms with E-state index in [0.29, 0.717) is 16.4 Å². The van der Waals surface area contributed by atoms with Gasteiger partial charge in [-0.1, -0.05) is 25.1 Å². The van der Waals surface area contributed by atoms with Gasteiger partial charge in [0.05, 0.1) is 13.2 Å². The summed E-state index contributed by atoms with van der Waals surface area (Å²) in [5, 5.41) is 6.75. The first kappa shape index (κ1) is 17.2. The van der Waals surface area contributed by atoms with Gasteiger partial charge < -0.3 is 15.4 Å². The number of halogens is 1. The van der Waals surface area contributed by atoms with Crippen molar-refractivity contribution in [3.8, 4) is 5.75 Å². The zero-order valence-electron chi connectivity index (χ0n) is 13.5. The molecule has 0 spiro atoms. The van der Waals surface area contributed by atoms with Crippen LogP contribution in [0, 0.1) is 12.7 Å². The van der Waals surface area contributed by atoms with Crippen LogP contribution in [0.15, 0.2) is 42.5 Å². The van der Waals surface area contributed by atoms with Crippen molar-refractivity contribution in [2.45, 2.75) is 26.3 Å². The molecule has 0 radical (unpaired) electrons. The van der Waals surface area contributed by atoms with E-state index >= 15 is 0 Å². The lowest BCUT2D eigenvalue weighted by atomic mass is 10.0. The summed E-state index contributed by atoms with van der Waals surface area (Å²) in [7, 11) is 1.64. The Bertz CT molecular complexity index is 673. The van der Waals surface area contributed by atoms with Crippen LogP contribution in [0.2, 0.25) is 0 Å². The third-order valence-corrected chi connectivity index (χ3v) is 3.88. The monoisotopic (exact) mass is 332 g/mol. The molecule has 0 aliphatic heterocycles. The van der Waals surface area contributed by atoms with Crippen molar-refractivity contribution in [3.05, 3.63) is 59.4 Å². The van der Waals surface area contributed by atoms with Gasteiger partial charge in [0, 0.05) is 5.69 Å². The van der Waals surface area contributed by atoms with Crippen LogP contribution in [-0.2, 0) is 0 Å². The van der Waals surface area contributed by atoms with E-state index in [-0.39, 0.29) is 11.9 Å². The fourth-order valence-corrected chi connectivity index (χ4v) is 2.51. The summed E-state index contributed by atoms with van der Waals surface area (Å²) in [5.74, 6) is 0.569. The Hall–Kier alpha value is -2.14. The van der Waals surface area contributed by atoms with Crippen LogP contribution >= 0.6 is 12.2 Å². The lowest BCUT2D eigenvalue weighted by molar-refractivity contribution is 0.414. The predicted molar refractivity (Wildman–Crippen MR) is 96.5 cm³/mol. The predicted octanol–water partition coefficient (Wildman–Crippen LogP) is 4.58. The molecular formula is C18H21FN2OS. The molecule has 2 aromatic rings. The zero-order chi connectivity index (χ0) is 16.8. The third-order valence-electron chi connectivity index (χ3n) is 3.66. The maximum atomic E-state index is 13.6. The molecule has 0 aliphatic carbocycles. The number of benzene rings is 2. The summed E-state index contributed by atoms with van der Waals surface area (Å²) in [6.45, 7) is 3.81. The van der Waals surface area contributed by atoms with Crippen molar-refractivity contribution < 1.29 is 9.13 Å². The standard InChI is InChI=1S/C18H21FN2OS/c1-4-17(13-6-9-15(22-3)10-7-13)21-18(23)20-14-8-5-12(2)16(19)11-14/h5-11,17H,4H2,1-3H3,(H2,20,21,23)/t17-/m1/s1. The summed E-state index contributed by atoms with van der Waals surface area (Å²) in [4.78, 5) is 0. The molecule has 1 atom stereocenters. The molecule has 2 rings (SSSR count). The summed E-state index contributed by atoms with van der Waals surface area (Å²) >= 11 is 5.33. The molecule has 3 nitrogen and oxygen atoms in total. The molecule has 23 heavy (non-hydrogen) atoms. The molecule has 0 bridgehead atoms. The van der Waals surface area contributed by atoms with Gasteiger partial charge in [-0.05, 0) is 61.0 Å². The Labute approximate surface area is 141 Å². The number of hydrogen-bond acceptors (Lipinski definition) is 2. The Morgan fingerprint density at radius 1 is 1.22 bits per heavy atom. The van der Waals surface area contributed by atoms with Gasteiger partial charge in [0.25, 0.3) is 0 Å². The molecule has 122 valence electrons. The Morgan fingerprint density at radius 2 is 1.91 bits per heavy atom. The summed E-state index contributed by atoms with van der Waals surface area (Å²) in [5.41, 5.74) is 2.36. The minimum atomic E-state index is -0.250. The Kier molecular flexibility index (Phi) is 5.93. The smallest absolute Gasteiger partial charge is 0.171 e. The quantitative estimate of drug-likeness (QED) is 0.785. The van der Waals surface area contributed by atoms with Crippen LogP contribution in [-0.4, -0.2) is 12.2 Å². The lowest BCUT2D eigenvalue weighted by Crippen LogP contribution is -2.32. The highest BCUT2D eigenvalue weighted by Crippen LogP contribution is 2.20. The molecule has 0 saturated heterocycles. The van der Waals surface area contributed by atoms with Crippen LogP contribution in [0.3, 0.4) is 0 Å². The van der Waals surface area contributed by atoms with Crippen molar-refractivity contribution in [2.24, 2.45) is 0 Å². The molecule has 0 unspecified atom stereocenters. The van der Waals surface area contributed by atoms with Crippen molar-refractivity contribution in [2.75, 3.05) is 12.4 Å². The second kappa shape index (κ2) is 7.92. The van der Waals surface area contributed by atoms with E-state index in [2.05, 4.69) is 17.6 Å². The van der Waals surface area contributed by atoms with Crippen molar-refractivity contribution >= 4 is 23.0 Å². The van der Waals surface area contributed by atoms with Gasteiger partial charge in [-0.2, -0.15) is 0 Å². The highest BCUT2D eigenvalue weighted by molar-refractivity contribution is 7.80. The van der Waals surface area contributed by atoms with Gasteiger partial charge in [0.1, 0.15) is 11.6 Å². The average Bonchev–Trinajstić information content (AvgIpc) is 2.56. The molecule has 5 heteroatoms. The SMILES string of the molecule is CC[C@@H](NC(=S)Nc1ccc(C)c(F)c1)c1ccc(OC)cc1. The van der Waals surface area contributed by atoms with Crippen LogP contribution in [0.4, 0.5) is 10.1 Å². The number of methoxy groups -OCH3 is 1. The van der Waals surface area contributed by atoms with Crippen LogP contribution < -0.4 is 15.4 Å². The number of aryl methyl sites for hydroxylation is 1. The average molecular weight is 332 g/mol. The maximum Gasteiger partial charge on any atom is 0.171 e. The highest BCUT2D eigenvalue weighted by Gasteiger charge is 2.11. The number of rotatable bonds is 5.